The van der Waals surface area contributed by atoms with Gasteiger partial charge in [-0.1, -0.05) is 72.0 Å². The molecule has 2 N–H and O–H groups in total. The van der Waals surface area contributed by atoms with Crippen molar-refractivity contribution in [1.82, 2.24) is 14.8 Å². The standard InChI is InChI=1S/C21H22N4OS/c22-21-23-18(17-9-5-2-6-10-17)19(27-21)20(26)25-13-11-24(12-14-25)15-16-7-3-1-4-8-16/h1-10H,11-15H2,(H2,22,23). The minimum absolute atomic E-state index is 0.0300. The third-order valence-electron chi connectivity index (χ3n) is 4.79. The molecule has 3 aromatic rings. The molecule has 138 valence electrons. The van der Waals surface area contributed by atoms with Gasteiger partial charge in [-0.2, -0.15) is 0 Å². The number of aromatic nitrogens is 1. The molecule has 0 saturated carbocycles. The molecule has 1 fully saturated rings. The minimum atomic E-state index is 0.0300. The molecule has 4 rings (SSSR count). The molecule has 0 bridgehead atoms. The van der Waals surface area contributed by atoms with Crippen LogP contribution in [0.1, 0.15) is 15.2 Å². The first-order valence-electron chi connectivity index (χ1n) is 9.08. The predicted octanol–water partition coefficient (Wildman–Crippen LogP) is 3.35. The maximum atomic E-state index is 13.1. The Morgan fingerprint density at radius 3 is 2.26 bits per heavy atom. The molecule has 1 aliphatic rings. The summed E-state index contributed by atoms with van der Waals surface area (Å²) in [6, 6.07) is 20.2. The molecule has 0 spiro atoms. The number of hydrogen-bond donors (Lipinski definition) is 1. The molecule has 1 amide bonds. The number of nitrogens with zero attached hydrogens (tertiary/aromatic N) is 3. The van der Waals surface area contributed by atoms with Gasteiger partial charge in [0.2, 0.25) is 0 Å². The van der Waals surface area contributed by atoms with Gasteiger partial charge in [0.05, 0.1) is 5.69 Å². The Balaban J connectivity index is 1.44. The Morgan fingerprint density at radius 2 is 1.59 bits per heavy atom. The van der Waals surface area contributed by atoms with E-state index in [9.17, 15) is 4.79 Å². The molecule has 2 heterocycles. The van der Waals surface area contributed by atoms with Crippen molar-refractivity contribution < 1.29 is 4.79 Å². The lowest BCUT2D eigenvalue weighted by Gasteiger charge is -2.34. The zero-order chi connectivity index (χ0) is 18.6. The zero-order valence-corrected chi connectivity index (χ0v) is 15.9. The fraction of sp³-hybridized carbons (Fsp3) is 0.238. The van der Waals surface area contributed by atoms with Crippen LogP contribution in [0.25, 0.3) is 11.3 Å². The predicted molar refractivity (Wildman–Crippen MR) is 110 cm³/mol. The SMILES string of the molecule is Nc1nc(-c2ccccc2)c(C(=O)N2CCN(Cc3ccccc3)CC2)s1. The lowest BCUT2D eigenvalue weighted by molar-refractivity contribution is 0.0633. The first-order valence-corrected chi connectivity index (χ1v) is 9.89. The number of amides is 1. The van der Waals surface area contributed by atoms with Crippen LogP contribution < -0.4 is 5.73 Å². The average molecular weight is 379 g/mol. The van der Waals surface area contributed by atoms with E-state index in [1.54, 1.807) is 0 Å². The Bertz CT molecular complexity index is 902. The highest BCUT2D eigenvalue weighted by atomic mass is 32.1. The van der Waals surface area contributed by atoms with Crippen molar-refractivity contribution in [1.29, 1.82) is 0 Å². The van der Waals surface area contributed by atoms with Gasteiger partial charge >= 0.3 is 0 Å². The second kappa shape index (κ2) is 7.90. The summed E-state index contributed by atoms with van der Waals surface area (Å²) in [7, 11) is 0. The van der Waals surface area contributed by atoms with E-state index in [1.165, 1.54) is 16.9 Å². The Hall–Kier alpha value is -2.70. The van der Waals surface area contributed by atoms with E-state index in [0.717, 1.165) is 38.3 Å². The monoisotopic (exact) mass is 378 g/mol. The molecule has 0 aliphatic carbocycles. The quantitative estimate of drug-likeness (QED) is 0.756. The molecular weight excluding hydrogens is 356 g/mol. The Labute approximate surface area is 163 Å². The Kier molecular flexibility index (Phi) is 5.18. The van der Waals surface area contributed by atoms with Crippen molar-refractivity contribution in [3.05, 3.63) is 71.1 Å². The number of carbonyl (C=O) groups excluding carboxylic acids is 1. The second-order valence-corrected chi connectivity index (χ2v) is 7.68. The van der Waals surface area contributed by atoms with E-state index in [-0.39, 0.29) is 5.91 Å². The van der Waals surface area contributed by atoms with Crippen molar-refractivity contribution >= 4 is 22.4 Å². The lowest BCUT2D eigenvalue weighted by Crippen LogP contribution is -2.48. The van der Waals surface area contributed by atoms with Gasteiger partial charge in [0.25, 0.3) is 5.91 Å². The number of piperazine rings is 1. The zero-order valence-electron chi connectivity index (χ0n) is 15.0. The van der Waals surface area contributed by atoms with Crippen molar-refractivity contribution in [3.63, 3.8) is 0 Å². The fourth-order valence-electron chi connectivity index (χ4n) is 3.37. The average Bonchev–Trinajstić information content (AvgIpc) is 3.11. The molecule has 1 saturated heterocycles. The highest BCUT2D eigenvalue weighted by Crippen LogP contribution is 2.31. The van der Waals surface area contributed by atoms with Crippen molar-refractivity contribution in [2.45, 2.75) is 6.54 Å². The molecule has 1 aromatic heterocycles. The smallest absolute Gasteiger partial charge is 0.266 e. The fourth-order valence-corrected chi connectivity index (χ4v) is 4.19. The number of rotatable bonds is 4. The third-order valence-corrected chi connectivity index (χ3v) is 5.67. The van der Waals surface area contributed by atoms with E-state index in [1.807, 2.05) is 41.3 Å². The second-order valence-electron chi connectivity index (χ2n) is 6.65. The van der Waals surface area contributed by atoms with Crippen molar-refractivity contribution in [2.75, 3.05) is 31.9 Å². The largest absolute Gasteiger partial charge is 0.375 e. The number of hydrogen-bond acceptors (Lipinski definition) is 5. The molecule has 5 nitrogen and oxygen atoms in total. The molecule has 0 atom stereocenters. The first-order chi connectivity index (χ1) is 13.2. The van der Waals surface area contributed by atoms with Crippen molar-refractivity contribution in [2.24, 2.45) is 0 Å². The summed E-state index contributed by atoms with van der Waals surface area (Å²) in [5.41, 5.74) is 8.84. The van der Waals surface area contributed by atoms with Gasteiger partial charge in [-0.3, -0.25) is 9.69 Å². The first kappa shape index (κ1) is 17.7. The highest BCUT2D eigenvalue weighted by Gasteiger charge is 2.26. The van der Waals surface area contributed by atoms with Crippen molar-refractivity contribution in [3.8, 4) is 11.3 Å². The van der Waals surface area contributed by atoms with E-state index in [2.05, 4.69) is 34.1 Å². The Morgan fingerprint density at radius 1 is 0.963 bits per heavy atom. The summed E-state index contributed by atoms with van der Waals surface area (Å²) in [5.74, 6) is 0.0300. The summed E-state index contributed by atoms with van der Waals surface area (Å²) in [6.07, 6.45) is 0. The normalized spacial score (nSPS) is 15.0. The number of anilines is 1. The van der Waals surface area contributed by atoms with E-state index >= 15 is 0 Å². The van der Waals surface area contributed by atoms with Gasteiger partial charge in [-0.15, -0.1) is 0 Å². The van der Waals surface area contributed by atoms with Crippen LogP contribution in [0.3, 0.4) is 0 Å². The number of thiazole rings is 1. The molecule has 6 heteroatoms. The molecular formula is C21H22N4OS. The van der Waals surface area contributed by atoms with E-state index < -0.39 is 0 Å². The third kappa shape index (κ3) is 4.02. The van der Waals surface area contributed by atoms with E-state index in [0.29, 0.717) is 15.7 Å². The molecule has 0 unspecified atom stereocenters. The maximum Gasteiger partial charge on any atom is 0.266 e. The number of nitrogens with two attached hydrogens (primary N) is 1. The van der Waals surface area contributed by atoms with Gasteiger partial charge in [-0.25, -0.2) is 4.98 Å². The topological polar surface area (TPSA) is 62.5 Å². The van der Waals surface area contributed by atoms with Crippen LogP contribution in [0.15, 0.2) is 60.7 Å². The summed E-state index contributed by atoms with van der Waals surface area (Å²) in [6.45, 7) is 4.10. The molecule has 2 aromatic carbocycles. The number of carbonyl (C=O) groups is 1. The highest BCUT2D eigenvalue weighted by molar-refractivity contribution is 7.17. The van der Waals surface area contributed by atoms with Gasteiger partial charge in [0.15, 0.2) is 5.13 Å². The molecule has 1 aliphatic heterocycles. The van der Waals surface area contributed by atoms with Crippen LogP contribution in [0.5, 0.6) is 0 Å². The van der Waals surface area contributed by atoms with Crippen LogP contribution in [0.2, 0.25) is 0 Å². The summed E-state index contributed by atoms with van der Waals surface area (Å²) in [5, 5.41) is 0.430. The van der Waals surface area contributed by atoms with Crippen LogP contribution in [0.4, 0.5) is 5.13 Å². The number of benzene rings is 2. The summed E-state index contributed by atoms with van der Waals surface area (Å²) < 4.78 is 0. The maximum absolute atomic E-state index is 13.1. The van der Waals surface area contributed by atoms with Gasteiger partial charge in [0.1, 0.15) is 4.88 Å². The van der Waals surface area contributed by atoms with Crippen LogP contribution >= 0.6 is 11.3 Å². The van der Waals surface area contributed by atoms with Gasteiger partial charge < -0.3 is 10.6 Å². The summed E-state index contributed by atoms with van der Waals surface area (Å²) >= 11 is 1.28. The van der Waals surface area contributed by atoms with Crippen LogP contribution in [-0.2, 0) is 6.54 Å². The summed E-state index contributed by atoms with van der Waals surface area (Å²) in [4.78, 5) is 22.4. The number of nitrogen functional groups attached to an aromatic ring is 1. The lowest BCUT2D eigenvalue weighted by atomic mass is 10.1. The van der Waals surface area contributed by atoms with Crippen LogP contribution in [-0.4, -0.2) is 46.9 Å². The van der Waals surface area contributed by atoms with Crippen LogP contribution in [0, 0.1) is 0 Å². The van der Waals surface area contributed by atoms with Gasteiger partial charge in [-0.05, 0) is 5.56 Å². The van der Waals surface area contributed by atoms with Gasteiger partial charge in [0, 0.05) is 38.3 Å². The minimum Gasteiger partial charge on any atom is -0.375 e. The molecule has 27 heavy (non-hydrogen) atoms. The van der Waals surface area contributed by atoms with E-state index in [4.69, 9.17) is 5.73 Å². The molecule has 0 radical (unpaired) electrons.